The van der Waals surface area contributed by atoms with E-state index in [9.17, 15) is 4.79 Å². The molecular formula is C10H10ClNO2. The molecule has 1 aliphatic rings. The number of esters is 1. The number of carbonyl (C=O) groups excluding carboxylic acids is 1. The van der Waals surface area contributed by atoms with Gasteiger partial charge in [0.05, 0.1) is 23.4 Å². The number of halogens is 1. The van der Waals surface area contributed by atoms with Gasteiger partial charge in [0, 0.05) is 12.1 Å². The Labute approximate surface area is 87.0 Å². The molecule has 0 aromatic carbocycles. The van der Waals surface area contributed by atoms with Crippen LogP contribution in [0.3, 0.4) is 0 Å². The van der Waals surface area contributed by atoms with Gasteiger partial charge < -0.3 is 4.74 Å². The number of hydrogen-bond donors (Lipinski definition) is 0. The van der Waals surface area contributed by atoms with Crippen molar-refractivity contribution in [2.75, 3.05) is 7.11 Å². The molecule has 14 heavy (non-hydrogen) atoms. The van der Waals surface area contributed by atoms with Gasteiger partial charge in [-0.3, -0.25) is 4.98 Å². The number of ether oxygens (including phenoxy) is 1. The highest BCUT2D eigenvalue weighted by atomic mass is 35.5. The van der Waals surface area contributed by atoms with Gasteiger partial charge in [0.2, 0.25) is 0 Å². The van der Waals surface area contributed by atoms with Crippen molar-refractivity contribution in [3.05, 3.63) is 28.5 Å². The van der Waals surface area contributed by atoms with E-state index in [0.717, 1.165) is 18.5 Å². The fraction of sp³-hybridized carbons (Fsp3) is 0.400. The molecule has 0 unspecified atom stereocenters. The Hall–Kier alpha value is -1.09. The zero-order valence-electron chi connectivity index (χ0n) is 7.79. The van der Waals surface area contributed by atoms with Crippen LogP contribution >= 0.6 is 11.6 Å². The summed E-state index contributed by atoms with van der Waals surface area (Å²) in [6, 6.07) is 1.62. The van der Waals surface area contributed by atoms with Gasteiger partial charge in [-0.15, -0.1) is 0 Å². The van der Waals surface area contributed by atoms with Crippen molar-refractivity contribution in [2.24, 2.45) is 0 Å². The van der Waals surface area contributed by atoms with Crippen molar-refractivity contribution in [1.82, 2.24) is 4.98 Å². The fourth-order valence-electron chi connectivity index (χ4n) is 1.34. The van der Waals surface area contributed by atoms with Gasteiger partial charge in [-0.25, -0.2) is 4.79 Å². The van der Waals surface area contributed by atoms with E-state index < -0.39 is 5.97 Å². The molecule has 74 valence electrons. The molecule has 1 aromatic rings. The van der Waals surface area contributed by atoms with Crippen LogP contribution in [0.4, 0.5) is 0 Å². The van der Waals surface area contributed by atoms with Gasteiger partial charge in [-0.1, -0.05) is 11.6 Å². The summed E-state index contributed by atoms with van der Waals surface area (Å²) in [5.74, 6) is 0.0935. The lowest BCUT2D eigenvalue weighted by Gasteiger charge is -2.03. The Bertz CT molecular complexity index is 374. The summed E-state index contributed by atoms with van der Waals surface area (Å²) in [4.78, 5) is 15.3. The Morgan fingerprint density at radius 3 is 2.86 bits per heavy atom. The molecule has 0 amide bonds. The minimum atomic E-state index is -0.401. The molecule has 0 spiro atoms. The topological polar surface area (TPSA) is 39.2 Å². The summed E-state index contributed by atoms with van der Waals surface area (Å²) in [5, 5.41) is 0.565. The maximum absolute atomic E-state index is 11.1. The van der Waals surface area contributed by atoms with Gasteiger partial charge in [0.1, 0.15) is 0 Å². The third kappa shape index (κ3) is 1.73. The average molecular weight is 212 g/mol. The monoisotopic (exact) mass is 211 g/mol. The molecule has 1 aliphatic carbocycles. The molecule has 0 N–H and O–H groups in total. The largest absolute Gasteiger partial charge is 0.465 e. The van der Waals surface area contributed by atoms with Crippen LogP contribution in [0.15, 0.2) is 12.3 Å². The predicted octanol–water partition coefficient (Wildman–Crippen LogP) is 2.40. The van der Waals surface area contributed by atoms with Gasteiger partial charge in [0.25, 0.3) is 0 Å². The van der Waals surface area contributed by atoms with E-state index in [2.05, 4.69) is 9.72 Å². The summed E-state index contributed by atoms with van der Waals surface area (Å²) in [5.41, 5.74) is 1.31. The molecule has 3 nitrogen and oxygen atoms in total. The maximum atomic E-state index is 11.1. The second-order valence-corrected chi connectivity index (χ2v) is 3.76. The summed E-state index contributed by atoms with van der Waals surface area (Å²) < 4.78 is 4.57. The van der Waals surface area contributed by atoms with E-state index >= 15 is 0 Å². The van der Waals surface area contributed by atoms with E-state index in [4.69, 9.17) is 11.6 Å². The van der Waals surface area contributed by atoms with Crippen LogP contribution in [-0.4, -0.2) is 18.1 Å². The SMILES string of the molecule is COC(=O)c1cnc(C2CC2)c(Cl)c1. The van der Waals surface area contributed by atoms with Crippen molar-refractivity contribution < 1.29 is 9.53 Å². The Balaban J connectivity index is 2.30. The van der Waals surface area contributed by atoms with E-state index in [1.54, 1.807) is 6.07 Å². The molecule has 1 aromatic heterocycles. The van der Waals surface area contributed by atoms with Gasteiger partial charge >= 0.3 is 5.97 Å². The summed E-state index contributed by atoms with van der Waals surface area (Å²) in [6.45, 7) is 0. The fourth-order valence-corrected chi connectivity index (χ4v) is 1.66. The molecule has 4 heteroatoms. The lowest BCUT2D eigenvalue weighted by molar-refractivity contribution is 0.0600. The Kier molecular flexibility index (Phi) is 2.42. The van der Waals surface area contributed by atoms with E-state index in [0.29, 0.717) is 16.5 Å². The third-order valence-corrected chi connectivity index (χ3v) is 2.56. The van der Waals surface area contributed by atoms with E-state index in [1.165, 1.54) is 13.3 Å². The first kappa shape index (κ1) is 9.46. The molecule has 0 atom stereocenters. The molecular weight excluding hydrogens is 202 g/mol. The van der Waals surface area contributed by atoms with Crippen LogP contribution in [0.1, 0.15) is 34.8 Å². The molecule has 0 saturated heterocycles. The van der Waals surface area contributed by atoms with Crippen LogP contribution < -0.4 is 0 Å². The predicted molar refractivity (Wildman–Crippen MR) is 52.6 cm³/mol. The molecule has 1 heterocycles. The van der Waals surface area contributed by atoms with Gasteiger partial charge in [-0.2, -0.15) is 0 Å². The summed E-state index contributed by atoms with van der Waals surface area (Å²) in [7, 11) is 1.34. The van der Waals surface area contributed by atoms with Crippen LogP contribution in [0, 0.1) is 0 Å². The highest BCUT2D eigenvalue weighted by molar-refractivity contribution is 6.31. The van der Waals surface area contributed by atoms with E-state index in [1.807, 2.05) is 0 Å². The Morgan fingerprint density at radius 2 is 2.36 bits per heavy atom. The number of hydrogen-bond acceptors (Lipinski definition) is 3. The molecule has 0 aliphatic heterocycles. The molecule has 0 radical (unpaired) electrons. The molecule has 1 fully saturated rings. The standard InChI is InChI=1S/C10H10ClNO2/c1-14-10(13)7-4-8(11)9(12-5-7)6-2-3-6/h4-6H,2-3H2,1H3. The second kappa shape index (κ2) is 3.58. The third-order valence-electron chi connectivity index (χ3n) is 2.25. The number of methoxy groups -OCH3 is 1. The van der Waals surface area contributed by atoms with Crippen molar-refractivity contribution in [1.29, 1.82) is 0 Å². The number of nitrogens with zero attached hydrogens (tertiary/aromatic N) is 1. The first-order chi connectivity index (χ1) is 6.72. The van der Waals surface area contributed by atoms with Crippen molar-refractivity contribution in [3.63, 3.8) is 0 Å². The molecule has 1 saturated carbocycles. The highest BCUT2D eigenvalue weighted by Crippen LogP contribution is 2.41. The minimum absolute atomic E-state index is 0.401. The molecule has 0 bridgehead atoms. The number of rotatable bonds is 2. The van der Waals surface area contributed by atoms with Crippen LogP contribution in [0.2, 0.25) is 5.02 Å². The summed E-state index contributed by atoms with van der Waals surface area (Å²) in [6.07, 6.45) is 3.81. The van der Waals surface area contributed by atoms with Crippen molar-refractivity contribution in [3.8, 4) is 0 Å². The van der Waals surface area contributed by atoms with Crippen LogP contribution in [0.5, 0.6) is 0 Å². The number of pyridine rings is 1. The first-order valence-electron chi connectivity index (χ1n) is 4.46. The van der Waals surface area contributed by atoms with Crippen LogP contribution in [0.25, 0.3) is 0 Å². The lowest BCUT2D eigenvalue weighted by Crippen LogP contribution is -2.03. The highest BCUT2D eigenvalue weighted by Gasteiger charge is 2.27. The van der Waals surface area contributed by atoms with E-state index in [-0.39, 0.29) is 0 Å². The zero-order chi connectivity index (χ0) is 10.1. The summed E-state index contributed by atoms with van der Waals surface area (Å²) >= 11 is 6.00. The first-order valence-corrected chi connectivity index (χ1v) is 4.84. The van der Waals surface area contributed by atoms with Gasteiger partial charge in [0.15, 0.2) is 0 Å². The van der Waals surface area contributed by atoms with Crippen molar-refractivity contribution in [2.45, 2.75) is 18.8 Å². The maximum Gasteiger partial charge on any atom is 0.339 e. The zero-order valence-corrected chi connectivity index (χ0v) is 8.54. The average Bonchev–Trinajstić information content (AvgIpc) is 3.00. The second-order valence-electron chi connectivity index (χ2n) is 3.36. The van der Waals surface area contributed by atoms with Crippen LogP contribution in [-0.2, 0) is 4.74 Å². The van der Waals surface area contributed by atoms with Gasteiger partial charge in [-0.05, 0) is 18.9 Å². The molecule has 2 rings (SSSR count). The van der Waals surface area contributed by atoms with Crippen molar-refractivity contribution >= 4 is 17.6 Å². The minimum Gasteiger partial charge on any atom is -0.465 e. The number of carbonyl (C=O) groups is 1. The smallest absolute Gasteiger partial charge is 0.339 e. The lowest BCUT2D eigenvalue weighted by atomic mass is 10.2. The quantitative estimate of drug-likeness (QED) is 0.706. The number of aromatic nitrogens is 1. The Morgan fingerprint density at radius 1 is 1.64 bits per heavy atom. The normalized spacial score (nSPS) is 15.3.